The summed E-state index contributed by atoms with van der Waals surface area (Å²) in [6, 6.07) is 10.2. The van der Waals surface area contributed by atoms with Crippen LogP contribution in [0.1, 0.15) is 49.9 Å². The molecule has 4 aromatic rings. The van der Waals surface area contributed by atoms with Crippen molar-refractivity contribution in [3.8, 4) is 0 Å². The van der Waals surface area contributed by atoms with Crippen molar-refractivity contribution in [2.45, 2.75) is 88.6 Å². The number of aromatic nitrogens is 3. The molecule has 2 heterocycles. The van der Waals surface area contributed by atoms with Crippen LogP contribution in [0.2, 0.25) is 0 Å². The molecule has 0 fully saturated rings. The van der Waals surface area contributed by atoms with Crippen LogP contribution in [0.25, 0.3) is 10.9 Å². The van der Waals surface area contributed by atoms with Crippen LogP contribution in [0.5, 0.6) is 0 Å². The molecule has 2 aromatic heterocycles. The fourth-order valence-corrected chi connectivity index (χ4v) is 6.45. The van der Waals surface area contributed by atoms with Gasteiger partial charge in [0.25, 0.3) is 0 Å². The molecule has 306 valence electrons. The summed E-state index contributed by atoms with van der Waals surface area (Å²) >= 11 is 4.27. The van der Waals surface area contributed by atoms with Crippen LogP contribution in [-0.2, 0) is 48.0 Å². The van der Waals surface area contributed by atoms with E-state index in [2.05, 4.69) is 54.2 Å². The zero-order valence-corrected chi connectivity index (χ0v) is 33.1. The van der Waals surface area contributed by atoms with Gasteiger partial charge >= 0.3 is 0 Å². The molecule has 6 atom stereocenters. The lowest BCUT2D eigenvalue weighted by atomic mass is 10.00. The quantitative estimate of drug-likeness (QED) is 0.0286. The summed E-state index contributed by atoms with van der Waals surface area (Å²) in [5.41, 5.74) is 14.8. The van der Waals surface area contributed by atoms with Crippen molar-refractivity contribution < 1.29 is 28.8 Å². The number of aldehydes is 1. The standard InChI is InChI=1S/C40H54N10O6S/c1-24(2)34(21-51)49-39(55)33(17-26-19-44-30-13-7-6-12-28(26)30)48-38(54)32(16-25-10-4-3-5-11-25)47-37(53)31(14-8-9-15-41)46-40(56)35(22-57)50-36(52)29(42)18-27-20-43-23-45-27/h3-7,10-13,19-21,23-24,29,31-35,44,57H,8-9,14-18,22,41-42H2,1-2H3,(H,43,45)(H,46,56)(H,47,53)(H,48,54)(H,49,55)(H,50,52)/t29-,31-,32-,33-,34+,35-/m0/s1. The molecule has 0 spiro atoms. The van der Waals surface area contributed by atoms with Crippen LogP contribution in [0.15, 0.2) is 73.3 Å². The van der Waals surface area contributed by atoms with Crippen LogP contribution in [0, 0.1) is 5.92 Å². The van der Waals surface area contributed by atoms with Crippen molar-refractivity contribution >= 4 is 59.4 Å². The molecule has 0 aliphatic heterocycles. The van der Waals surface area contributed by atoms with Crippen molar-refractivity contribution in [1.82, 2.24) is 41.5 Å². The van der Waals surface area contributed by atoms with E-state index in [0.29, 0.717) is 31.4 Å². The van der Waals surface area contributed by atoms with E-state index in [9.17, 15) is 28.8 Å². The molecule has 5 amide bonds. The Labute approximate surface area is 337 Å². The first-order chi connectivity index (χ1) is 27.4. The number of H-pyrrole nitrogens is 2. The van der Waals surface area contributed by atoms with Crippen LogP contribution < -0.4 is 38.1 Å². The Morgan fingerprint density at radius 3 is 2.02 bits per heavy atom. The second-order valence-electron chi connectivity index (χ2n) is 14.3. The molecule has 0 aliphatic carbocycles. The summed E-state index contributed by atoms with van der Waals surface area (Å²) < 4.78 is 0. The molecule has 0 bridgehead atoms. The van der Waals surface area contributed by atoms with E-state index < -0.39 is 65.8 Å². The monoisotopic (exact) mass is 802 g/mol. The Morgan fingerprint density at radius 1 is 0.754 bits per heavy atom. The molecule has 4 rings (SSSR count). The Hall–Kier alpha value is -5.52. The molecular weight excluding hydrogens is 749 g/mol. The lowest BCUT2D eigenvalue weighted by Gasteiger charge is -2.27. The fraction of sp³-hybridized carbons (Fsp3) is 0.425. The minimum Gasteiger partial charge on any atom is -0.361 e. The topological polar surface area (TPSA) is 259 Å². The number of benzene rings is 2. The summed E-state index contributed by atoms with van der Waals surface area (Å²) in [5.74, 6) is -3.45. The predicted octanol–water partition coefficient (Wildman–Crippen LogP) is 0.584. The number of hydrogen-bond acceptors (Lipinski definition) is 10. The number of aromatic amines is 2. The van der Waals surface area contributed by atoms with Crippen molar-refractivity contribution in [3.05, 3.63) is 90.1 Å². The number of thiol groups is 1. The molecule has 11 N–H and O–H groups in total. The number of fused-ring (bicyclic) bond motifs is 1. The first kappa shape index (κ1) is 44.2. The zero-order valence-electron chi connectivity index (χ0n) is 32.2. The number of nitrogens with two attached hydrogens (primary N) is 2. The van der Waals surface area contributed by atoms with Crippen molar-refractivity contribution in [1.29, 1.82) is 0 Å². The highest BCUT2D eigenvalue weighted by Crippen LogP contribution is 2.20. The summed E-state index contributed by atoms with van der Waals surface area (Å²) in [6.07, 6.45) is 6.92. The summed E-state index contributed by atoms with van der Waals surface area (Å²) in [4.78, 5) is 90.5. The average molecular weight is 803 g/mol. The van der Waals surface area contributed by atoms with Crippen LogP contribution in [0.3, 0.4) is 0 Å². The normalized spacial score (nSPS) is 14.4. The molecule has 16 nitrogen and oxygen atoms in total. The third kappa shape index (κ3) is 13.3. The first-order valence-corrected chi connectivity index (χ1v) is 19.7. The third-order valence-electron chi connectivity index (χ3n) is 9.55. The SMILES string of the molecule is CC(C)[C@@H](C=O)NC(=O)[C@H](Cc1c[nH]c2ccccc12)NC(=O)[C@H](Cc1ccccc1)NC(=O)[C@H](CCCCN)NC(=O)[C@H](CS)NC(=O)[C@@H](N)Cc1cnc[nH]1. The number of rotatable bonds is 23. The number of unbranched alkanes of at least 4 members (excludes halogenated alkanes) is 1. The van der Waals surface area contributed by atoms with Gasteiger partial charge in [-0.25, -0.2) is 4.98 Å². The van der Waals surface area contributed by atoms with E-state index in [4.69, 9.17) is 11.5 Å². The highest BCUT2D eigenvalue weighted by atomic mass is 32.1. The van der Waals surface area contributed by atoms with Crippen molar-refractivity contribution in [2.75, 3.05) is 12.3 Å². The van der Waals surface area contributed by atoms with Crippen LogP contribution in [0.4, 0.5) is 0 Å². The zero-order chi connectivity index (χ0) is 41.3. The van der Waals surface area contributed by atoms with Gasteiger partial charge in [-0.3, -0.25) is 24.0 Å². The minimum absolute atomic E-state index is 0.0514. The number of carbonyl (C=O) groups is 6. The molecule has 57 heavy (non-hydrogen) atoms. The Kier molecular flexibility index (Phi) is 17.3. The number of nitrogens with one attached hydrogen (secondary N) is 7. The van der Waals surface area contributed by atoms with Crippen molar-refractivity contribution in [3.63, 3.8) is 0 Å². The van der Waals surface area contributed by atoms with Gasteiger partial charge in [-0.1, -0.05) is 62.4 Å². The number of hydrogen-bond donors (Lipinski definition) is 10. The maximum absolute atomic E-state index is 14.3. The largest absolute Gasteiger partial charge is 0.361 e. The molecule has 0 unspecified atom stereocenters. The summed E-state index contributed by atoms with van der Waals surface area (Å²) in [7, 11) is 0. The Morgan fingerprint density at radius 2 is 1.37 bits per heavy atom. The lowest BCUT2D eigenvalue weighted by Crippen LogP contribution is -2.60. The maximum atomic E-state index is 14.3. The van der Waals surface area contributed by atoms with Gasteiger partial charge in [0.05, 0.1) is 18.4 Å². The van der Waals surface area contributed by atoms with Crippen molar-refractivity contribution in [2.24, 2.45) is 17.4 Å². The van der Waals surface area contributed by atoms with Gasteiger partial charge in [-0.05, 0) is 48.9 Å². The van der Waals surface area contributed by atoms with Gasteiger partial charge in [-0.2, -0.15) is 12.6 Å². The average Bonchev–Trinajstić information content (AvgIpc) is 3.88. The smallest absolute Gasteiger partial charge is 0.244 e. The number of carbonyl (C=O) groups excluding carboxylic acids is 6. The predicted molar refractivity (Wildman–Crippen MR) is 220 cm³/mol. The molecular formula is C40H54N10O6S. The molecule has 0 aliphatic rings. The van der Waals surface area contributed by atoms with Gasteiger partial charge in [0.2, 0.25) is 29.5 Å². The molecule has 0 radical (unpaired) electrons. The number of nitrogens with zero attached hydrogens (tertiary/aromatic N) is 1. The second-order valence-corrected chi connectivity index (χ2v) is 14.6. The van der Waals surface area contributed by atoms with Gasteiger partial charge < -0.3 is 52.8 Å². The lowest BCUT2D eigenvalue weighted by molar-refractivity contribution is -0.134. The first-order valence-electron chi connectivity index (χ1n) is 19.0. The second kappa shape index (κ2) is 22.3. The number of para-hydroxylation sites is 1. The third-order valence-corrected chi connectivity index (χ3v) is 9.91. The van der Waals surface area contributed by atoms with E-state index in [1.165, 1.54) is 6.33 Å². The minimum atomic E-state index is -1.19. The summed E-state index contributed by atoms with van der Waals surface area (Å²) in [5, 5.41) is 14.6. The Balaban J connectivity index is 1.56. The summed E-state index contributed by atoms with van der Waals surface area (Å²) in [6.45, 7) is 3.95. The van der Waals surface area contributed by atoms with Gasteiger partial charge in [-0.15, -0.1) is 0 Å². The van der Waals surface area contributed by atoms with Gasteiger partial charge in [0.15, 0.2) is 0 Å². The van der Waals surface area contributed by atoms with Crippen LogP contribution >= 0.6 is 12.6 Å². The van der Waals surface area contributed by atoms with Crippen LogP contribution in [-0.4, -0.2) is 99.3 Å². The highest BCUT2D eigenvalue weighted by Gasteiger charge is 2.33. The van der Waals surface area contributed by atoms with E-state index in [1.807, 2.05) is 30.3 Å². The van der Waals surface area contributed by atoms with E-state index in [-0.39, 0.29) is 37.4 Å². The number of imidazole rings is 1. The molecule has 0 saturated heterocycles. The maximum Gasteiger partial charge on any atom is 0.244 e. The number of amides is 5. The van der Waals surface area contributed by atoms with E-state index >= 15 is 0 Å². The highest BCUT2D eigenvalue weighted by molar-refractivity contribution is 7.80. The Bertz CT molecular complexity index is 1920. The van der Waals surface area contributed by atoms with Gasteiger partial charge in [0.1, 0.15) is 30.5 Å². The van der Waals surface area contributed by atoms with Gasteiger partial charge in [0, 0.05) is 54.0 Å². The fourth-order valence-electron chi connectivity index (χ4n) is 6.19. The molecule has 2 aromatic carbocycles. The van der Waals surface area contributed by atoms with E-state index in [0.717, 1.165) is 22.0 Å². The molecule has 0 saturated carbocycles. The van der Waals surface area contributed by atoms with E-state index in [1.54, 1.807) is 50.5 Å². The molecule has 17 heteroatoms.